The third kappa shape index (κ3) is 6.39. The number of aryl methyl sites for hydroxylation is 1. The van der Waals surface area contributed by atoms with Crippen molar-refractivity contribution in [2.45, 2.75) is 91.1 Å². The summed E-state index contributed by atoms with van der Waals surface area (Å²) in [6, 6.07) is 3.51. The molecule has 5 rings (SSSR count). The normalized spacial score (nSPS) is 17.9. The second kappa shape index (κ2) is 13.5. The molecule has 2 amide bonds. The van der Waals surface area contributed by atoms with Gasteiger partial charge in [0.2, 0.25) is 11.8 Å². The van der Waals surface area contributed by atoms with E-state index in [1.807, 2.05) is 19.9 Å². The number of nitrogens with two attached hydrogens (primary N) is 1. The maximum atomic E-state index is 15.1. The Labute approximate surface area is 271 Å². The van der Waals surface area contributed by atoms with Crippen LogP contribution in [0.5, 0.6) is 0 Å². The lowest BCUT2D eigenvalue weighted by molar-refractivity contribution is -0.172. The van der Waals surface area contributed by atoms with Crippen LogP contribution in [0.3, 0.4) is 0 Å². The van der Waals surface area contributed by atoms with Gasteiger partial charge in [-0.2, -0.15) is 0 Å². The quantitative estimate of drug-likeness (QED) is 0.102. The largest absolute Gasteiger partial charge is 0.458 e. The number of fused-ring (bicyclic) bond motifs is 5. The molecule has 2 aliphatic rings. The van der Waals surface area contributed by atoms with Crippen molar-refractivity contribution in [2.24, 2.45) is 11.7 Å². The van der Waals surface area contributed by atoms with Crippen molar-refractivity contribution in [1.29, 1.82) is 0 Å². The number of aromatic nitrogens is 2. The molecule has 2 aromatic heterocycles. The van der Waals surface area contributed by atoms with Crippen molar-refractivity contribution in [2.75, 3.05) is 13.3 Å². The first-order valence-corrected chi connectivity index (χ1v) is 16.0. The standard InChI is InChI=1S/C34H42FN5O7/c1-6-34(45)24-12-27-29-20(14-40(27)32(43)23(24)15-47-33(34)44)11-22-21(18(4)25(35)13-26(22)39-29)9-7-8-10-46-16-37-30(41)19(5)38-31(42)28(36)17(2)3/h11-13,17,19,28,45H,6-10,14-16,36H2,1-5H3,(H,37,41)(H,38,42)/t19-,28?,34-/m0/s1. The summed E-state index contributed by atoms with van der Waals surface area (Å²) in [6.07, 6.45) is 1.93. The first kappa shape index (κ1) is 34.1. The predicted octanol–water partition coefficient (Wildman–Crippen LogP) is 2.43. The molecule has 1 unspecified atom stereocenters. The van der Waals surface area contributed by atoms with Crippen LogP contribution < -0.4 is 21.9 Å². The van der Waals surface area contributed by atoms with Gasteiger partial charge in [0.1, 0.15) is 25.2 Å². The number of nitrogens with zero attached hydrogens (tertiary/aromatic N) is 2. The first-order valence-electron chi connectivity index (χ1n) is 16.0. The Morgan fingerprint density at radius 3 is 2.64 bits per heavy atom. The van der Waals surface area contributed by atoms with Crippen molar-refractivity contribution in [3.8, 4) is 11.4 Å². The number of amides is 2. The number of nitrogens with one attached hydrogen (secondary N) is 2. The molecule has 13 heteroatoms. The zero-order valence-electron chi connectivity index (χ0n) is 27.4. The predicted molar refractivity (Wildman–Crippen MR) is 172 cm³/mol. The van der Waals surface area contributed by atoms with Crippen molar-refractivity contribution < 1.29 is 33.4 Å². The molecule has 2 aliphatic heterocycles. The monoisotopic (exact) mass is 651 g/mol. The smallest absolute Gasteiger partial charge is 0.343 e. The molecule has 0 saturated heterocycles. The number of unbranched alkanes of at least 4 members (excludes halogenated alkanes) is 1. The van der Waals surface area contributed by atoms with Crippen LogP contribution in [0, 0.1) is 18.7 Å². The van der Waals surface area contributed by atoms with E-state index in [4.69, 9.17) is 20.2 Å². The summed E-state index contributed by atoms with van der Waals surface area (Å²) in [6.45, 7) is 8.98. The third-order valence-corrected chi connectivity index (χ3v) is 9.23. The van der Waals surface area contributed by atoms with Gasteiger partial charge in [0.25, 0.3) is 5.56 Å². The van der Waals surface area contributed by atoms with Gasteiger partial charge in [-0.1, -0.05) is 20.8 Å². The number of cyclic esters (lactones) is 1. The van der Waals surface area contributed by atoms with Gasteiger partial charge in [0.15, 0.2) is 5.60 Å². The number of benzene rings is 1. The number of rotatable bonds is 12. The fourth-order valence-electron chi connectivity index (χ4n) is 6.11. The second-order valence-corrected chi connectivity index (χ2v) is 12.7. The molecule has 252 valence electrons. The molecule has 0 aliphatic carbocycles. The third-order valence-electron chi connectivity index (χ3n) is 9.23. The van der Waals surface area contributed by atoms with E-state index >= 15 is 4.39 Å². The maximum Gasteiger partial charge on any atom is 0.343 e. The van der Waals surface area contributed by atoms with Gasteiger partial charge >= 0.3 is 5.97 Å². The Balaban J connectivity index is 1.24. The van der Waals surface area contributed by atoms with Gasteiger partial charge in [-0.3, -0.25) is 14.4 Å². The number of ether oxygens (including phenoxy) is 2. The molecule has 0 bridgehead atoms. The zero-order chi connectivity index (χ0) is 34.2. The summed E-state index contributed by atoms with van der Waals surface area (Å²) >= 11 is 0. The van der Waals surface area contributed by atoms with Crippen molar-refractivity contribution in [3.05, 3.63) is 62.2 Å². The molecule has 3 atom stereocenters. The number of carbonyl (C=O) groups is 3. The van der Waals surface area contributed by atoms with E-state index in [0.717, 1.165) is 16.5 Å². The summed E-state index contributed by atoms with van der Waals surface area (Å²) in [5.74, 6) is -2.01. The summed E-state index contributed by atoms with van der Waals surface area (Å²) in [5.41, 5.74) is 7.56. The highest BCUT2D eigenvalue weighted by molar-refractivity contribution is 5.90. The van der Waals surface area contributed by atoms with Gasteiger partial charge < -0.3 is 35.5 Å². The number of aliphatic hydroxyl groups is 1. The lowest BCUT2D eigenvalue weighted by atomic mass is 9.86. The molecule has 0 saturated carbocycles. The molecule has 0 spiro atoms. The molecule has 0 fully saturated rings. The number of esters is 1. The molecular formula is C34H42FN5O7. The van der Waals surface area contributed by atoms with Crippen LogP contribution in [0.25, 0.3) is 22.3 Å². The Bertz CT molecular complexity index is 1810. The Morgan fingerprint density at radius 2 is 1.94 bits per heavy atom. The van der Waals surface area contributed by atoms with E-state index in [9.17, 15) is 24.3 Å². The molecule has 47 heavy (non-hydrogen) atoms. The van der Waals surface area contributed by atoms with Crippen LogP contribution in [0.2, 0.25) is 0 Å². The van der Waals surface area contributed by atoms with E-state index in [0.29, 0.717) is 48.3 Å². The number of carbonyl (C=O) groups excluding carboxylic acids is 3. The van der Waals surface area contributed by atoms with Crippen molar-refractivity contribution in [3.63, 3.8) is 0 Å². The van der Waals surface area contributed by atoms with Gasteiger partial charge in [-0.05, 0) is 68.7 Å². The average Bonchev–Trinajstić information content (AvgIpc) is 3.40. The van der Waals surface area contributed by atoms with E-state index in [1.165, 1.54) is 6.07 Å². The van der Waals surface area contributed by atoms with Crippen LogP contribution in [0.1, 0.15) is 74.8 Å². The number of hydrogen-bond acceptors (Lipinski definition) is 9. The highest BCUT2D eigenvalue weighted by Crippen LogP contribution is 2.39. The Morgan fingerprint density at radius 1 is 1.19 bits per heavy atom. The minimum atomic E-state index is -1.93. The maximum absolute atomic E-state index is 15.1. The molecule has 1 aromatic carbocycles. The van der Waals surface area contributed by atoms with Crippen LogP contribution in [-0.4, -0.2) is 57.9 Å². The molecule has 0 radical (unpaired) electrons. The summed E-state index contributed by atoms with van der Waals surface area (Å²) in [7, 11) is 0. The van der Waals surface area contributed by atoms with Crippen LogP contribution in [0.4, 0.5) is 4.39 Å². The van der Waals surface area contributed by atoms with Crippen LogP contribution in [0.15, 0.2) is 23.0 Å². The summed E-state index contributed by atoms with van der Waals surface area (Å²) < 4.78 is 27.4. The number of hydrogen-bond donors (Lipinski definition) is 4. The highest BCUT2D eigenvalue weighted by Gasteiger charge is 2.45. The Kier molecular flexibility index (Phi) is 9.81. The van der Waals surface area contributed by atoms with Gasteiger partial charge in [0, 0.05) is 29.2 Å². The highest BCUT2D eigenvalue weighted by atomic mass is 19.1. The minimum absolute atomic E-state index is 0.0213. The lowest BCUT2D eigenvalue weighted by Gasteiger charge is -2.31. The zero-order valence-corrected chi connectivity index (χ0v) is 27.4. The molecule has 3 aromatic rings. The van der Waals surface area contributed by atoms with Crippen LogP contribution >= 0.6 is 0 Å². The van der Waals surface area contributed by atoms with Crippen molar-refractivity contribution >= 4 is 28.7 Å². The van der Waals surface area contributed by atoms with Gasteiger partial charge in [0.05, 0.1) is 35.1 Å². The fourth-order valence-corrected chi connectivity index (χ4v) is 6.11. The van der Waals surface area contributed by atoms with E-state index in [-0.39, 0.29) is 54.8 Å². The number of pyridine rings is 2. The molecule has 5 N–H and O–H groups in total. The van der Waals surface area contributed by atoms with Crippen molar-refractivity contribution in [1.82, 2.24) is 20.2 Å². The lowest BCUT2D eigenvalue weighted by Crippen LogP contribution is -2.51. The van der Waals surface area contributed by atoms with E-state index in [2.05, 4.69) is 10.6 Å². The van der Waals surface area contributed by atoms with Crippen LogP contribution in [-0.2, 0) is 49.0 Å². The minimum Gasteiger partial charge on any atom is -0.458 e. The van der Waals surface area contributed by atoms with E-state index < -0.39 is 35.4 Å². The second-order valence-electron chi connectivity index (χ2n) is 12.7. The average molecular weight is 652 g/mol. The summed E-state index contributed by atoms with van der Waals surface area (Å²) in [4.78, 5) is 55.1. The van der Waals surface area contributed by atoms with E-state index in [1.54, 1.807) is 31.4 Å². The molecule has 12 nitrogen and oxygen atoms in total. The first-order chi connectivity index (χ1) is 22.3. The summed E-state index contributed by atoms with van der Waals surface area (Å²) in [5, 5.41) is 17.1. The molecular weight excluding hydrogens is 609 g/mol. The van der Waals surface area contributed by atoms with Gasteiger partial charge in [-0.15, -0.1) is 0 Å². The molecule has 4 heterocycles. The topological polar surface area (TPSA) is 175 Å². The SMILES string of the molecule is CC[C@@]1(O)C(=O)OCc2c1cc1n(c2=O)Cc2cc3c(CCCCOCNC(=O)[C@H](C)NC(=O)C(N)C(C)C)c(C)c(F)cc3nc2-1. The fraction of sp³-hybridized carbons (Fsp3) is 0.500. The Hall–Kier alpha value is -4.20. The van der Waals surface area contributed by atoms with Gasteiger partial charge in [-0.25, -0.2) is 14.2 Å². The number of halogens is 1.